The largest absolute Gasteiger partial charge is 0.394 e. The van der Waals surface area contributed by atoms with E-state index >= 15 is 0 Å². The van der Waals surface area contributed by atoms with E-state index in [0.717, 1.165) is 0 Å². The van der Waals surface area contributed by atoms with E-state index in [9.17, 15) is 20.1 Å². The summed E-state index contributed by atoms with van der Waals surface area (Å²) >= 11 is 3.29. The number of nitrogen functional groups attached to an aromatic ring is 1. The SMILES string of the molecule is Nc1ncnc2c1ncn2[C@]1(Br)O[C@H](CO)[C@@H](O)[C@]1(O)C(=O)Cc1ccccc1. The van der Waals surface area contributed by atoms with Crippen molar-refractivity contribution in [1.82, 2.24) is 19.5 Å². The van der Waals surface area contributed by atoms with Gasteiger partial charge in [-0.1, -0.05) is 30.3 Å². The van der Waals surface area contributed by atoms with E-state index in [1.165, 1.54) is 17.2 Å². The first-order valence-corrected chi connectivity index (χ1v) is 9.51. The number of Topliss-reactive ketones (excluding diaryl/α,β-unsaturated/α-hetero) is 1. The predicted octanol–water partition coefficient (Wildman–Crippen LogP) is -0.291. The number of nitrogens with two attached hydrogens (primary N) is 1. The average Bonchev–Trinajstić information content (AvgIpc) is 3.24. The van der Waals surface area contributed by atoms with Gasteiger partial charge in [0.05, 0.1) is 6.61 Å². The molecule has 0 aliphatic carbocycles. The summed E-state index contributed by atoms with van der Waals surface area (Å²) in [6, 6.07) is 8.77. The van der Waals surface area contributed by atoms with Crippen molar-refractivity contribution in [2.24, 2.45) is 0 Å². The van der Waals surface area contributed by atoms with Crippen LogP contribution < -0.4 is 5.73 Å². The Morgan fingerprint density at radius 1 is 1.28 bits per heavy atom. The van der Waals surface area contributed by atoms with Crippen molar-refractivity contribution in [2.45, 2.75) is 28.9 Å². The van der Waals surface area contributed by atoms with Crippen LogP contribution in [0.5, 0.6) is 0 Å². The van der Waals surface area contributed by atoms with Crippen LogP contribution in [0.3, 0.4) is 0 Å². The summed E-state index contributed by atoms with van der Waals surface area (Å²) in [7, 11) is 0. The smallest absolute Gasteiger partial charge is 0.244 e. The molecular weight excluding hydrogens is 446 g/mol. The van der Waals surface area contributed by atoms with Gasteiger partial charge >= 0.3 is 0 Å². The Balaban J connectivity index is 1.84. The molecule has 4 atom stereocenters. The van der Waals surface area contributed by atoms with E-state index in [1.54, 1.807) is 30.3 Å². The first kappa shape index (κ1) is 19.9. The fourth-order valence-electron chi connectivity index (χ4n) is 3.50. The number of ether oxygens (including phenoxy) is 1. The van der Waals surface area contributed by atoms with E-state index < -0.39 is 34.8 Å². The van der Waals surface area contributed by atoms with Gasteiger partial charge < -0.3 is 25.8 Å². The number of ketones is 1. The Bertz CT molecular complexity index is 1060. The summed E-state index contributed by atoms with van der Waals surface area (Å²) < 4.78 is 5.01. The molecule has 4 rings (SSSR count). The summed E-state index contributed by atoms with van der Waals surface area (Å²) in [5.74, 6) is -0.617. The molecule has 1 aliphatic rings. The highest BCUT2D eigenvalue weighted by molar-refractivity contribution is 9.09. The number of aromatic nitrogens is 4. The zero-order valence-corrected chi connectivity index (χ0v) is 16.6. The number of fused-ring (bicyclic) bond motifs is 1. The molecule has 1 fully saturated rings. The molecule has 3 heterocycles. The minimum Gasteiger partial charge on any atom is -0.394 e. The van der Waals surface area contributed by atoms with Crippen molar-refractivity contribution in [3.8, 4) is 0 Å². The molecule has 0 amide bonds. The second-order valence-corrected chi connectivity index (χ2v) is 7.82. The lowest BCUT2D eigenvalue weighted by Crippen LogP contribution is -2.60. The van der Waals surface area contributed by atoms with Crippen LogP contribution in [0.1, 0.15) is 5.56 Å². The number of anilines is 1. The van der Waals surface area contributed by atoms with Gasteiger partial charge in [-0.3, -0.25) is 9.36 Å². The van der Waals surface area contributed by atoms with Crippen LogP contribution in [0, 0.1) is 0 Å². The van der Waals surface area contributed by atoms with Crippen molar-refractivity contribution in [3.63, 3.8) is 0 Å². The molecule has 3 aromatic rings. The number of hydrogen-bond donors (Lipinski definition) is 4. The monoisotopic (exact) mass is 463 g/mol. The molecular formula is C18H18BrN5O5. The molecule has 1 aliphatic heterocycles. The van der Waals surface area contributed by atoms with E-state index in [2.05, 4.69) is 30.9 Å². The van der Waals surface area contributed by atoms with Gasteiger partial charge in [0.15, 0.2) is 17.2 Å². The second-order valence-electron chi connectivity index (χ2n) is 6.74. The van der Waals surface area contributed by atoms with E-state index in [0.29, 0.717) is 5.56 Å². The van der Waals surface area contributed by atoms with Crippen LogP contribution >= 0.6 is 15.9 Å². The fraction of sp³-hybridized carbons (Fsp3) is 0.333. The number of alkyl halides is 1. The topological polar surface area (TPSA) is 157 Å². The summed E-state index contributed by atoms with van der Waals surface area (Å²) in [6.45, 7) is -0.626. The number of rotatable bonds is 5. The second kappa shape index (κ2) is 7.11. The summed E-state index contributed by atoms with van der Waals surface area (Å²) in [5.41, 5.74) is 4.40. The molecule has 0 spiro atoms. The van der Waals surface area contributed by atoms with Crippen LogP contribution in [0.25, 0.3) is 11.2 Å². The molecule has 152 valence electrons. The highest BCUT2D eigenvalue weighted by Gasteiger charge is 2.69. The minimum atomic E-state index is -2.47. The van der Waals surface area contributed by atoms with Gasteiger partial charge in [-0.15, -0.1) is 0 Å². The van der Waals surface area contributed by atoms with E-state index in [-0.39, 0.29) is 23.4 Å². The van der Waals surface area contributed by atoms with Gasteiger partial charge in [-0.2, -0.15) is 0 Å². The number of carbonyl (C=O) groups is 1. The lowest BCUT2D eigenvalue weighted by molar-refractivity contribution is -0.163. The lowest BCUT2D eigenvalue weighted by atomic mass is 9.86. The van der Waals surface area contributed by atoms with Gasteiger partial charge in [0.1, 0.15) is 30.4 Å². The molecule has 1 saturated heterocycles. The fourth-order valence-corrected chi connectivity index (χ4v) is 4.46. The zero-order chi connectivity index (χ0) is 20.8. The van der Waals surface area contributed by atoms with Crippen LogP contribution in [0.15, 0.2) is 43.0 Å². The van der Waals surface area contributed by atoms with Crippen molar-refractivity contribution in [3.05, 3.63) is 48.5 Å². The molecule has 10 nitrogen and oxygen atoms in total. The lowest BCUT2D eigenvalue weighted by Gasteiger charge is -2.37. The molecule has 11 heteroatoms. The van der Waals surface area contributed by atoms with Gasteiger partial charge in [0, 0.05) is 6.42 Å². The number of halogens is 1. The Labute approximate surface area is 173 Å². The first-order chi connectivity index (χ1) is 13.8. The predicted molar refractivity (Wildman–Crippen MR) is 105 cm³/mol. The van der Waals surface area contributed by atoms with Crippen molar-refractivity contribution < 1.29 is 24.9 Å². The maximum Gasteiger partial charge on any atom is 0.244 e. The van der Waals surface area contributed by atoms with Crippen LogP contribution in [0.2, 0.25) is 0 Å². The van der Waals surface area contributed by atoms with Gasteiger partial charge in [-0.05, 0) is 21.5 Å². The summed E-state index contributed by atoms with van der Waals surface area (Å²) in [4.78, 5) is 25.3. The normalized spacial score (nSPS) is 29.4. The third-order valence-corrected chi connectivity index (χ3v) is 6.22. The number of carbonyl (C=O) groups excluding carboxylic acids is 1. The zero-order valence-electron chi connectivity index (χ0n) is 15.0. The molecule has 5 N–H and O–H groups in total. The Morgan fingerprint density at radius 3 is 2.69 bits per heavy atom. The van der Waals surface area contributed by atoms with Crippen molar-refractivity contribution >= 4 is 38.7 Å². The van der Waals surface area contributed by atoms with Gasteiger partial charge in [-0.25, -0.2) is 15.0 Å². The quantitative estimate of drug-likeness (QED) is 0.373. The minimum absolute atomic E-state index is 0.0984. The number of hydrogen-bond acceptors (Lipinski definition) is 9. The Morgan fingerprint density at radius 2 is 2.00 bits per heavy atom. The van der Waals surface area contributed by atoms with E-state index in [4.69, 9.17) is 10.5 Å². The molecule has 0 radical (unpaired) electrons. The molecule has 2 aromatic heterocycles. The summed E-state index contributed by atoms with van der Waals surface area (Å²) in [6.07, 6.45) is -0.674. The number of aliphatic hydroxyl groups is 3. The maximum atomic E-state index is 13.2. The molecule has 29 heavy (non-hydrogen) atoms. The van der Waals surface area contributed by atoms with Crippen LogP contribution in [-0.2, 0) is 20.6 Å². The number of imidazole rings is 1. The number of aliphatic hydroxyl groups excluding tert-OH is 2. The highest BCUT2D eigenvalue weighted by atomic mass is 79.9. The van der Waals surface area contributed by atoms with Gasteiger partial charge in [0.2, 0.25) is 10.2 Å². The Hall–Kier alpha value is -2.44. The Kier molecular flexibility index (Phi) is 4.87. The third-order valence-electron chi connectivity index (χ3n) is 5.04. The molecule has 0 unspecified atom stereocenters. The van der Waals surface area contributed by atoms with Crippen molar-refractivity contribution in [1.29, 1.82) is 0 Å². The third kappa shape index (κ3) is 2.85. The van der Waals surface area contributed by atoms with Crippen LogP contribution in [0.4, 0.5) is 5.82 Å². The van der Waals surface area contributed by atoms with E-state index in [1.807, 2.05) is 0 Å². The molecule has 1 aromatic carbocycles. The molecule has 0 saturated carbocycles. The standard InChI is InChI=1S/C18H18BrN5O5/c19-18(24-9-23-13-15(20)21-8-22-16(13)24)17(28,14(27)11(7-25)29-18)12(26)6-10-4-2-1-3-5-10/h1-5,8-9,11,14,25,27-28H,6-7H2,(H2,20,21,22)/t11-,14-,17-,18+/m1/s1. The molecule has 0 bridgehead atoms. The summed E-state index contributed by atoms with van der Waals surface area (Å²) in [5, 5.41) is 31.9. The first-order valence-electron chi connectivity index (χ1n) is 8.72. The van der Waals surface area contributed by atoms with Crippen LogP contribution in [-0.4, -0.2) is 65.0 Å². The number of nitrogens with zero attached hydrogens (tertiary/aromatic N) is 4. The van der Waals surface area contributed by atoms with Gasteiger partial charge in [0.25, 0.3) is 0 Å². The number of benzene rings is 1. The average molecular weight is 464 g/mol. The maximum absolute atomic E-state index is 13.2. The van der Waals surface area contributed by atoms with Crippen molar-refractivity contribution in [2.75, 3.05) is 12.3 Å². The highest BCUT2D eigenvalue weighted by Crippen LogP contribution is 2.50.